The standard InChI is InChI=1S/C28H20Br2N2O3/c29-23-13-19(15-25-27(33)32(28(34)31-25)16-18-7-2-1-3-8-18)14-24(30)26(23)35-17-21-11-6-10-20-9-4-5-12-22(20)21/h1-15H,16-17H2,(H,31,34)/b25-15+. The summed E-state index contributed by atoms with van der Waals surface area (Å²) in [5, 5.41) is 4.99. The maximum Gasteiger partial charge on any atom is 0.329 e. The number of imide groups is 1. The lowest BCUT2D eigenvalue weighted by molar-refractivity contribution is -0.123. The number of rotatable bonds is 6. The predicted octanol–water partition coefficient (Wildman–Crippen LogP) is 7.04. The van der Waals surface area contributed by atoms with Crippen LogP contribution in [0, 0.1) is 0 Å². The van der Waals surface area contributed by atoms with E-state index in [0.717, 1.165) is 31.0 Å². The number of hydrogen-bond acceptors (Lipinski definition) is 3. The molecule has 5 nitrogen and oxygen atoms in total. The highest BCUT2D eigenvalue weighted by atomic mass is 79.9. The van der Waals surface area contributed by atoms with Gasteiger partial charge in [-0.1, -0.05) is 72.8 Å². The lowest BCUT2D eigenvalue weighted by atomic mass is 10.1. The van der Waals surface area contributed by atoms with Crippen molar-refractivity contribution in [3.63, 3.8) is 0 Å². The van der Waals surface area contributed by atoms with Gasteiger partial charge in [-0.15, -0.1) is 0 Å². The van der Waals surface area contributed by atoms with Gasteiger partial charge in [0.05, 0.1) is 15.5 Å². The number of carbonyl (C=O) groups excluding carboxylic acids is 2. The molecule has 1 aliphatic rings. The lowest BCUT2D eigenvalue weighted by Crippen LogP contribution is -2.30. The van der Waals surface area contributed by atoms with Crippen molar-refractivity contribution in [3.05, 3.63) is 116 Å². The van der Waals surface area contributed by atoms with Crippen LogP contribution >= 0.6 is 31.9 Å². The average Bonchev–Trinajstić information content (AvgIpc) is 3.11. The Hall–Kier alpha value is -3.42. The molecule has 5 rings (SSSR count). The smallest absolute Gasteiger partial charge is 0.329 e. The average molecular weight is 592 g/mol. The molecule has 4 aromatic rings. The Morgan fingerprint density at radius 2 is 1.54 bits per heavy atom. The molecule has 1 N–H and O–H groups in total. The van der Waals surface area contributed by atoms with Crippen LogP contribution in [-0.2, 0) is 17.9 Å². The van der Waals surface area contributed by atoms with Crippen molar-refractivity contribution in [1.29, 1.82) is 0 Å². The predicted molar refractivity (Wildman–Crippen MR) is 144 cm³/mol. The second kappa shape index (κ2) is 10.1. The molecule has 1 fully saturated rings. The number of nitrogens with one attached hydrogen (secondary N) is 1. The molecule has 0 atom stereocenters. The number of ether oxygens (including phenoxy) is 1. The van der Waals surface area contributed by atoms with Crippen molar-refractivity contribution < 1.29 is 14.3 Å². The Balaban J connectivity index is 1.34. The molecule has 0 aliphatic carbocycles. The summed E-state index contributed by atoms with van der Waals surface area (Å²) < 4.78 is 7.62. The molecule has 0 radical (unpaired) electrons. The third-order valence-corrected chi connectivity index (χ3v) is 6.91. The van der Waals surface area contributed by atoms with Gasteiger partial charge >= 0.3 is 6.03 Å². The zero-order valence-corrected chi connectivity index (χ0v) is 21.7. The first-order valence-electron chi connectivity index (χ1n) is 11.0. The Bertz CT molecular complexity index is 1440. The van der Waals surface area contributed by atoms with Crippen LogP contribution in [0.15, 0.2) is 99.6 Å². The van der Waals surface area contributed by atoms with Gasteiger partial charge in [0.2, 0.25) is 0 Å². The molecular formula is C28H20Br2N2O3. The molecule has 4 aromatic carbocycles. The number of fused-ring (bicyclic) bond motifs is 1. The summed E-state index contributed by atoms with van der Waals surface area (Å²) in [6, 6.07) is 27.1. The molecule has 0 saturated carbocycles. The van der Waals surface area contributed by atoms with E-state index in [0.29, 0.717) is 12.4 Å². The van der Waals surface area contributed by atoms with E-state index in [4.69, 9.17) is 4.74 Å². The summed E-state index contributed by atoms with van der Waals surface area (Å²) in [5.41, 5.74) is 2.95. The first kappa shape index (κ1) is 23.3. The molecule has 1 saturated heterocycles. The highest BCUT2D eigenvalue weighted by molar-refractivity contribution is 9.11. The van der Waals surface area contributed by atoms with E-state index >= 15 is 0 Å². The van der Waals surface area contributed by atoms with Crippen molar-refractivity contribution >= 4 is 60.6 Å². The monoisotopic (exact) mass is 590 g/mol. The van der Waals surface area contributed by atoms with Crippen LogP contribution < -0.4 is 10.1 Å². The first-order valence-corrected chi connectivity index (χ1v) is 12.5. The molecule has 35 heavy (non-hydrogen) atoms. The molecule has 1 aliphatic heterocycles. The fraction of sp³-hybridized carbons (Fsp3) is 0.0714. The van der Waals surface area contributed by atoms with Gasteiger partial charge in [-0.3, -0.25) is 9.69 Å². The molecule has 0 bridgehead atoms. The van der Waals surface area contributed by atoms with Crippen LogP contribution in [0.4, 0.5) is 4.79 Å². The minimum absolute atomic E-state index is 0.219. The van der Waals surface area contributed by atoms with Crippen LogP contribution in [0.25, 0.3) is 16.8 Å². The molecule has 0 aromatic heterocycles. The van der Waals surface area contributed by atoms with E-state index in [1.54, 1.807) is 6.08 Å². The van der Waals surface area contributed by atoms with Gasteiger partial charge < -0.3 is 10.1 Å². The number of benzene rings is 4. The number of carbonyl (C=O) groups is 2. The SMILES string of the molecule is O=C1N/C(=C/c2cc(Br)c(OCc3cccc4ccccc34)c(Br)c2)C(=O)N1Cc1ccccc1. The second-order valence-electron chi connectivity index (χ2n) is 8.11. The summed E-state index contributed by atoms with van der Waals surface area (Å²) >= 11 is 7.17. The van der Waals surface area contributed by atoms with Gasteiger partial charge in [0.15, 0.2) is 0 Å². The minimum Gasteiger partial charge on any atom is -0.487 e. The van der Waals surface area contributed by atoms with E-state index in [1.807, 2.05) is 60.7 Å². The molecular weight excluding hydrogens is 572 g/mol. The second-order valence-corrected chi connectivity index (χ2v) is 9.81. The quantitative estimate of drug-likeness (QED) is 0.193. The van der Waals surface area contributed by atoms with Gasteiger partial charge in [-0.05, 0) is 77.5 Å². The van der Waals surface area contributed by atoms with Gasteiger partial charge in [0, 0.05) is 0 Å². The van der Waals surface area contributed by atoms with Gasteiger partial charge in [-0.25, -0.2) is 4.79 Å². The van der Waals surface area contributed by atoms with E-state index < -0.39 is 6.03 Å². The maximum absolute atomic E-state index is 12.9. The minimum atomic E-state index is -0.432. The Morgan fingerprint density at radius 3 is 2.31 bits per heavy atom. The van der Waals surface area contributed by atoms with Crippen molar-refractivity contribution in [2.75, 3.05) is 0 Å². The normalized spacial score (nSPS) is 14.6. The summed E-state index contributed by atoms with van der Waals surface area (Å²) in [6.45, 7) is 0.624. The number of amides is 3. The molecule has 3 amide bonds. The summed E-state index contributed by atoms with van der Waals surface area (Å²) in [4.78, 5) is 26.5. The third-order valence-electron chi connectivity index (χ3n) is 5.73. The first-order chi connectivity index (χ1) is 17.0. The Kier molecular flexibility index (Phi) is 6.70. The molecule has 174 valence electrons. The fourth-order valence-corrected chi connectivity index (χ4v) is 5.47. The molecule has 7 heteroatoms. The van der Waals surface area contributed by atoms with E-state index in [-0.39, 0.29) is 18.1 Å². The summed E-state index contributed by atoms with van der Waals surface area (Å²) in [5.74, 6) is 0.301. The lowest BCUT2D eigenvalue weighted by Gasteiger charge is -2.13. The van der Waals surface area contributed by atoms with E-state index in [1.165, 1.54) is 10.3 Å². The van der Waals surface area contributed by atoms with Gasteiger partial charge in [-0.2, -0.15) is 0 Å². The van der Waals surface area contributed by atoms with Crippen LogP contribution in [0.2, 0.25) is 0 Å². The number of urea groups is 1. The van der Waals surface area contributed by atoms with Crippen molar-refractivity contribution in [2.45, 2.75) is 13.2 Å². The van der Waals surface area contributed by atoms with E-state index in [2.05, 4.69) is 61.4 Å². The summed E-state index contributed by atoms with van der Waals surface area (Å²) in [7, 11) is 0. The summed E-state index contributed by atoms with van der Waals surface area (Å²) in [6.07, 6.45) is 1.66. The van der Waals surface area contributed by atoms with Crippen LogP contribution in [0.3, 0.4) is 0 Å². The zero-order valence-electron chi connectivity index (χ0n) is 18.5. The Labute approximate surface area is 219 Å². The maximum atomic E-state index is 12.9. The van der Waals surface area contributed by atoms with Crippen LogP contribution in [0.5, 0.6) is 5.75 Å². The Morgan fingerprint density at radius 1 is 0.857 bits per heavy atom. The highest BCUT2D eigenvalue weighted by Gasteiger charge is 2.33. The molecule has 1 heterocycles. The molecule has 0 spiro atoms. The van der Waals surface area contributed by atoms with Crippen LogP contribution in [0.1, 0.15) is 16.7 Å². The van der Waals surface area contributed by atoms with Crippen molar-refractivity contribution in [2.24, 2.45) is 0 Å². The highest BCUT2D eigenvalue weighted by Crippen LogP contribution is 2.36. The zero-order chi connectivity index (χ0) is 24.4. The fourth-order valence-electron chi connectivity index (χ4n) is 4.02. The largest absolute Gasteiger partial charge is 0.487 e. The number of nitrogens with zero attached hydrogens (tertiary/aromatic N) is 1. The number of halogens is 2. The van der Waals surface area contributed by atoms with Gasteiger partial charge in [0.1, 0.15) is 18.1 Å². The van der Waals surface area contributed by atoms with Gasteiger partial charge in [0.25, 0.3) is 5.91 Å². The van der Waals surface area contributed by atoms with Crippen molar-refractivity contribution in [3.8, 4) is 5.75 Å². The van der Waals surface area contributed by atoms with Crippen LogP contribution in [-0.4, -0.2) is 16.8 Å². The van der Waals surface area contributed by atoms with Crippen molar-refractivity contribution in [1.82, 2.24) is 10.2 Å². The molecule has 0 unspecified atom stereocenters. The third kappa shape index (κ3) is 5.01. The van der Waals surface area contributed by atoms with E-state index in [9.17, 15) is 9.59 Å². The topological polar surface area (TPSA) is 58.6 Å². The number of hydrogen-bond donors (Lipinski definition) is 1.